The second-order valence-corrected chi connectivity index (χ2v) is 6.36. The van der Waals surface area contributed by atoms with Gasteiger partial charge in [0.25, 0.3) is 5.22 Å². The van der Waals surface area contributed by atoms with Gasteiger partial charge < -0.3 is 8.83 Å². The highest BCUT2D eigenvalue weighted by molar-refractivity contribution is 7.99. The first-order valence-corrected chi connectivity index (χ1v) is 8.77. The fourth-order valence-electron chi connectivity index (χ4n) is 2.43. The van der Waals surface area contributed by atoms with Crippen LogP contribution in [0.3, 0.4) is 0 Å². The zero-order chi connectivity index (χ0) is 17.9. The van der Waals surface area contributed by atoms with Crippen LogP contribution in [0.5, 0.6) is 0 Å². The average molecular weight is 364 g/mol. The van der Waals surface area contributed by atoms with Gasteiger partial charge in [0.05, 0.1) is 5.75 Å². The monoisotopic (exact) mass is 364 g/mol. The van der Waals surface area contributed by atoms with Gasteiger partial charge in [-0.05, 0) is 24.3 Å². The fourth-order valence-corrected chi connectivity index (χ4v) is 3.07. The number of thioether (sulfide) groups is 1. The SMILES string of the molecule is O=C(CSc1nnc(-c2ccccc2)o1)c1cc2ccccc2oc1=O. The van der Waals surface area contributed by atoms with E-state index in [1.807, 2.05) is 36.4 Å². The minimum absolute atomic E-state index is 0.000473. The van der Waals surface area contributed by atoms with Crippen molar-refractivity contribution in [3.8, 4) is 11.5 Å². The van der Waals surface area contributed by atoms with Crippen molar-refractivity contribution in [3.63, 3.8) is 0 Å². The first-order chi connectivity index (χ1) is 12.7. The van der Waals surface area contributed by atoms with E-state index in [2.05, 4.69) is 10.2 Å². The second-order valence-electron chi connectivity index (χ2n) is 5.44. The van der Waals surface area contributed by atoms with Crippen LogP contribution >= 0.6 is 11.8 Å². The summed E-state index contributed by atoms with van der Waals surface area (Å²) in [7, 11) is 0. The maximum Gasteiger partial charge on any atom is 0.347 e. The van der Waals surface area contributed by atoms with Gasteiger partial charge >= 0.3 is 5.63 Å². The molecule has 0 bridgehead atoms. The fraction of sp³-hybridized carbons (Fsp3) is 0.0526. The Balaban J connectivity index is 1.50. The molecule has 0 unspecified atom stereocenters. The average Bonchev–Trinajstić information content (AvgIpc) is 3.15. The van der Waals surface area contributed by atoms with E-state index in [1.54, 1.807) is 24.3 Å². The summed E-state index contributed by atoms with van der Waals surface area (Å²) in [5, 5.41) is 8.85. The molecule has 0 saturated heterocycles. The van der Waals surface area contributed by atoms with Crippen LogP contribution in [-0.4, -0.2) is 21.7 Å². The van der Waals surface area contributed by atoms with E-state index in [-0.39, 0.29) is 22.3 Å². The van der Waals surface area contributed by atoms with Crippen LogP contribution in [0.15, 0.2) is 79.5 Å². The Kier molecular flexibility index (Phi) is 4.37. The van der Waals surface area contributed by atoms with E-state index in [4.69, 9.17) is 8.83 Å². The van der Waals surface area contributed by atoms with Gasteiger partial charge in [0.15, 0.2) is 5.78 Å². The van der Waals surface area contributed by atoms with Crippen LogP contribution < -0.4 is 5.63 Å². The van der Waals surface area contributed by atoms with Crippen molar-refractivity contribution in [1.82, 2.24) is 10.2 Å². The van der Waals surface area contributed by atoms with Crippen LogP contribution in [0, 0.1) is 0 Å². The van der Waals surface area contributed by atoms with Crippen molar-refractivity contribution in [1.29, 1.82) is 0 Å². The smallest absolute Gasteiger partial charge is 0.347 e. The van der Waals surface area contributed by atoms with Crippen LogP contribution in [-0.2, 0) is 0 Å². The van der Waals surface area contributed by atoms with E-state index in [0.717, 1.165) is 17.3 Å². The lowest BCUT2D eigenvalue weighted by atomic mass is 10.1. The molecule has 2 aromatic heterocycles. The molecule has 0 saturated carbocycles. The molecule has 2 heterocycles. The van der Waals surface area contributed by atoms with Gasteiger partial charge in [-0.25, -0.2) is 4.79 Å². The molecule has 0 N–H and O–H groups in total. The predicted octanol–water partition coefficient (Wildman–Crippen LogP) is 3.82. The normalized spacial score (nSPS) is 10.9. The number of nitrogens with zero attached hydrogens (tertiary/aromatic N) is 2. The summed E-state index contributed by atoms with van der Waals surface area (Å²) in [6.45, 7) is 0. The van der Waals surface area contributed by atoms with E-state index in [9.17, 15) is 9.59 Å². The van der Waals surface area contributed by atoms with Gasteiger partial charge in [-0.15, -0.1) is 10.2 Å². The third-order valence-electron chi connectivity index (χ3n) is 3.70. The number of aromatic nitrogens is 2. The largest absolute Gasteiger partial charge is 0.422 e. The Bertz CT molecular complexity index is 1130. The minimum Gasteiger partial charge on any atom is -0.422 e. The molecule has 0 aliphatic heterocycles. The maximum atomic E-state index is 12.4. The molecule has 2 aromatic carbocycles. The van der Waals surface area contributed by atoms with E-state index < -0.39 is 5.63 Å². The Morgan fingerprint density at radius 3 is 2.58 bits per heavy atom. The van der Waals surface area contributed by atoms with Gasteiger partial charge in [0, 0.05) is 10.9 Å². The standard InChI is InChI=1S/C19H12N2O4S/c22-15(14-10-13-8-4-5-9-16(13)24-18(14)23)11-26-19-21-20-17(25-19)12-6-2-1-3-7-12/h1-10H,11H2. The number of carbonyl (C=O) groups is 1. The number of hydrogen-bond acceptors (Lipinski definition) is 7. The lowest BCUT2D eigenvalue weighted by molar-refractivity contribution is 0.101. The summed E-state index contributed by atoms with van der Waals surface area (Å²) in [5.74, 6) is 0.0271. The van der Waals surface area contributed by atoms with Crippen molar-refractivity contribution in [2.75, 3.05) is 5.75 Å². The zero-order valence-electron chi connectivity index (χ0n) is 13.4. The van der Waals surface area contributed by atoms with Crippen molar-refractivity contribution in [2.45, 2.75) is 5.22 Å². The molecule has 26 heavy (non-hydrogen) atoms. The number of Topliss-reactive ketones (excluding diaryl/α,β-unsaturated/α-hetero) is 1. The molecule has 4 rings (SSSR count). The summed E-state index contributed by atoms with van der Waals surface area (Å²) < 4.78 is 10.7. The molecule has 128 valence electrons. The molecule has 0 amide bonds. The summed E-state index contributed by atoms with van der Waals surface area (Å²) >= 11 is 1.08. The molecule has 0 aliphatic carbocycles. The van der Waals surface area contributed by atoms with Crippen molar-refractivity contribution >= 4 is 28.5 Å². The van der Waals surface area contributed by atoms with E-state index >= 15 is 0 Å². The van der Waals surface area contributed by atoms with E-state index in [1.165, 1.54) is 0 Å². The molecule has 0 fully saturated rings. The van der Waals surface area contributed by atoms with Crippen LogP contribution in [0.25, 0.3) is 22.4 Å². The highest BCUT2D eigenvalue weighted by Crippen LogP contribution is 2.23. The van der Waals surface area contributed by atoms with Crippen molar-refractivity contribution in [2.24, 2.45) is 0 Å². The number of benzene rings is 2. The first-order valence-electron chi connectivity index (χ1n) is 7.78. The summed E-state index contributed by atoms with van der Waals surface area (Å²) in [5.41, 5.74) is 0.614. The predicted molar refractivity (Wildman–Crippen MR) is 97.3 cm³/mol. The third-order valence-corrected chi connectivity index (χ3v) is 4.51. The number of carbonyl (C=O) groups excluding carboxylic acids is 1. The molecule has 6 nitrogen and oxygen atoms in total. The molecule has 0 radical (unpaired) electrons. The van der Waals surface area contributed by atoms with Crippen LogP contribution in [0.1, 0.15) is 10.4 Å². The lowest BCUT2D eigenvalue weighted by Crippen LogP contribution is -2.15. The summed E-state index contributed by atoms with van der Waals surface area (Å²) in [6.07, 6.45) is 0. The van der Waals surface area contributed by atoms with Gasteiger partial charge in [0.2, 0.25) is 5.89 Å². The minimum atomic E-state index is -0.648. The van der Waals surface area contributed by atoms with Crippen LogP contribution in [0.4, 0.5) is 0 Å². The van der Waals surface area contributed by atoms with Gasteiger partial charge in [0.1, 0.15) is 11.1 Å². The highest BCUT2D eigenvalue weighted by atomic mass is 32.2. The highest BCUT2D eigenvalue weighted by Gasteiger charge is 2.16. The topological polar surface area (TPSA) is 86.2 Å². The molecular formula is C19H12N2O4S. The molecular weight excluding hydrogens is 352 g/mol. The molecule has 7 heteroatoms. The molecule has 4 aromatic rings. The quantitative estimate of drug-likeness (QED) is 0.302. The first kappa shape index (κ1) is 16.3. The Labute approximate surface area is 151 Å². The number of para-hydroxylation sites is 1. The molecule has 0 aliphatic rings. The van der Waals surface area contributed by atoms with Crippen molar-refractivity contribution in [3.05, 3.63) is 76.6 Å². The number of hydrogen-bond donors (Lipinski definition) is 0. The number of ketones is 1. The van der Waals surface area contributed by atoms with Crippen molar-refractivity contribution < 1.29 is 13.6 Å². The summed E-state index contributed by atoms with van der Waals surface area (Å²) in [6, 6.07) is 17.9. The number of rotatable bonds is 5. The number of fused-ring (bicyclic) bond motifs is 1. The second kappa shape index (κ2) is 6.97. The Hall–Kier alpha value is -3.19. The molecule has 0 spiro atoms. The van der Waals surface area contributed by atoms with E-state index in [0.29, 0.717) is 16.9 Å². The van der Waals surface area contributed by atoms with Gasteiger partial charge in [-0.1, -0.05) is 48.2 Å². The Morgan fingerprint density at radius 1 is 0.962 bits per heavy atom. The molecule has 0 atom stereocenters. The Morgan fingerprint density at radius 2 is 1.73 bits per heavy atom. The van der Waals surface area contributed by atoms with Crippen LogP contribution in [0.2, 0.25) is 0 Å². The summed E-state index contributed by atoms with van der Waals surface area (Å²) in [4.78, 5) is 24.4. The van der Waals surface area contributed by atoms with Gasteiger partial charge in [-0.3, -0.25) is 4.79 Å². The lowest BCUT2D eigenvalue weighted by Gasteiger charge is -2.00. The zero-order valence-corrected chi connectivity index (χ0v) is 14.2. The van der Waals surface area contributed by atoms with Gasteiger partial charge in [-0.2, -0.15) is 0 Å². The third kappa shape index (κ3) is 3.29. The maximum absolute atomic E-state index is 12.4.